The Hall–Kier alpha value is -0.353. The summed E-state index contributed by atoms with van der Waals surface area (Å²) in [5, 5.41) is 0. The van der Waals surface area contributed by atoms with Gasteiger partial charge in [0.15, 0.2) is 0 Å². The second kappa shape index (κ2) is 4.05. The summed E-state index contributed by atoms with van der Waals surface area (Å²) in [6.45, 7) is 2.17. The van der Waals surface area contributed by atoms with Gasteiger partial charge in [0.2, 0.25) is 0 Å². The SMILES string of the molecule is CN1C[CH-]c2ccccc2C1.[Li+]. The smallest absolute Gasteiger partial charge is 0.321 e. The van der Waals surface area contributed by atoms with Crippen molar-refractivity contribution in [3.63, 3.8) is 0 Å². The minimum Gasteiger partial charge on any atom is -0.321 e. The van der Waals surface area contributed by atoms with E-state index in [-0.39, 0.29) is 18.9 Å². The summed E-state index contributed by atoms with van der Waals surface area (Å²) in [6, 6.07) is 8.58. The average Bonchev–Trinajstić information content (AvgIpc) is 2.04. The topological polar surface area (TPSA) is 3.24 Å². The molecule has 2 heteroatoms. The van der Waals surface area contributed by atoms with Gasteiger partial charge in [0.25, 0.3) is 0 Å². The van der Waals surface area contributed by atoms with Crippen molar-refractivity contribution in [1.82, 2.24) is 4.90 Å². The van der Waals surface area contributed by atoms with Crippen molar-refractivity contribution in [2.24, 2.45) is 0 Å². The molecular weight excluding hydrogens is 141 g/mol. The van der Waals surface area contributed by atoms with Gasteiger partial charge in [-0.1, -0.05) is 6.07 Å². The number of hydrogen-bond acceptors (Lipinski definition) is 1. The summed E-state index contributed by atoms with van der Waals surface area (Å²) in [4.78, 5) is 2.31. The third-order valence-corrected chi connectivity index (χ3v) is 2.12. The summed E-state index contributed by atoms with van der Waals surface area (Å²) in [7, 11) is 2.15. The zero-order valence-corrected chi connectivity index (χ0v) is 7.75. The molecule has 1 aromatic rings. The van der Waals surface area contributed by atoms with E-state index in [4.69, 9.17) is 0 Å². The number of benzene rings is 1. The van der Waals surface area contributed by atoms with Crippen LogP contribution in [-0.2, 0) is 6.54 Å². The molecule has 0 spiro atoms. The van der Waals surface area contributed by atoms with Gasteiger partial charge in [-0.2, -0.15) is 18.1 Å². The summed E-state index contributed by atoms with van der Waals surface area (Å²) in [6.07, 6.45) is 2.28. The quantitative estimate of drug-likeness (QED) is 0.330. The minimum absolute atomic E-state index is 0. The van der Waals surface area contributed by atoms with E-state index in [0.29, 0.717) is 0 Å². The van der Waals surface area contributed by atoms with Crippen LogP contribution in [0.3, 0.4) is 0 Å². The van der Waals surface area contributed by atoms with Gasteiger partial charge in [-0.3, -0.25) is 0 Å². The van der Waals surface area contributed by atoms with Gasteiger partial charge in [-0.15, -0.1) is 17.7 Å². The fourth-order valence-electron chi connectivity index (χ4n) is 1.49. The Kier molecular flexibility index (Phi) is 3.28. The summed E-state index contributed by atoms with van der Waals surface area (Å²) in [5.74, 6) is 0. The van der Waals surface area contributed by atoms with E-state index in [1.807, 2.05) is 0 Å². The van der Waals surface area contributed by atoms with E-state index in [0.717, 1.165) is 13.1 Å². The third kappa shape index (κ3) is 1.87. The van der Waals surface area contributed by atoms with Gasteiger partial charge in [0.05, 0.1) is 0 Å². The first-order valence-electron chi connectivity index (χ1n) is 3.96. The van der Waals surface area contributed by atoms with E-state index in [1.165, 1.54) is 11.1 Å². The van der Waals surface area contributed by atoms with Crippen LogP contribution in [0.15, 0.2) is 24.3 Å². The predicted molar refractivity (Wildman–Crippen MR) is 46.2 cm³/mol. The zero-order valence-electron chi connectivity index (χ0n) is 7.75. The largest absolute Gasteiger partial charge is 1.00 e. The molecule has 1 nitrogen and oxygen atoms in total. The van der Waals surface area contributed by atoms with Gasteiger partial charge in [0, 0.05) is 0 Å². The van der Waals surface area contributed by atoms with Crippen LogP contribution < -0.4 is 18.9 Å². The third-order valence-electron chi connectivity index (χ3n) is 2.12. The maximum Gasteiger partial charge on any atom is 1.00 e. The van der Waals surface area contributed by atoms with Crippen molar-refractivity contribution in [3.05, 3.63) is 41.8 Å². The molecule has 0 N–H and O–H groups in total. The van der Waals surface area contributed by atoms with Crippen molar-refractivity contribution in [3.8, 4) is 0 Å². The van der Waals surface area contributed by atoms with Crippen LogP contribution in [0.2, 0.25) is 0 Å². The van der Waals surface area contributed by atoms with Gasteiger partial charge in [0.1, 0.15) is 0 Å². The molecular formula is C10H12LiN. The van der Waals surface area contributed by atoms with Crippen molar-refractivity contribution < 1.29 is 18.9 Å². The van der Waals surface area contributed by atoms with Crippen LogP contribution in [0.1, 0.15) is 11.1 Å². The Morgan fingerprint density at radius 1 is 1.33 bits per heavy atom. The maximum atomic E-state index is 2.31. The van der Waals surface area contributed by atoms with E-state index in [9.17, 15) is 0 Å². The number of likely N-dealkylation sites (N-methyl/N-ethyl adjacent to an activating group) is 1. The van der Waals surface area contributed by atoms with Gasteiger partial charge >= 0.3 is 18.9 Å². The molecule has 0 atom stereocenters. The summed E-state index contributed by atoms with van der Waals surface area (Å²) >= 11 is 0. The molecule has 0 saturated heterocycles. The molecule has 12 heavy (non-hydrogen) atoms. The van der Waals surface area contributed by atoms with E-state index in [1.54, 1.807) is 0 Å². The molecule has 1 aliphatic heterocycles. The van der Waals surface area contributed by atoms with E-state index in [2.05, 4.69) is 42.6 Å². The first kappa shape index (κ1) is 9.73. The molecule has 0 radical (unpaired) electrons. The van der Waals surface area contributed by atoms with Crippen LogP contribution in [0.25, 0.3) is 0 Å². The molecule has 1 heterocycles. The normalized spacial score (nSPS) is 15.8. The average molecular weight is 153 g/mol. The standard InChI is InChI=1S/C10H12N.Li/c1-11-7-6-9-4-2-3-5-10(9)8-11;/h2-6H,7-8H2,1H3;/q-1;+1. The Morgan fingerprint density at radius 3 is 2.92 bits per heavy atom. The minimum atomic E-state index is 0. The Morgan fingerprint density at radius 2 is 2.08 bits per heavy atom. The Bertz CT molecular complexity index is 260. The van der Waals surface area contributed by atoms with Crippen LogP contribution in [0, 0.1) is 6.42 Å². The number of nitrogens with zero attached hydrogens (tertiary/aromatic N) is 1. The van der Waals surface area contributed by atoms with Crippen molar-refractivity contribution in [2.75, 3.05) is 13.6 Å². The molecule has 1 aromatic carbocycles. The summed E-state index contributed by atoms with van der Waals surface area (Å²) in [5.41, 5.74) is 2.85. The van der Waals surface area contributed by atoms with Gasteiger partial charge < -0.3 is 4.90 Å². The monoisotopic (exact) mass is 153 g/mol. The maximum absolute atomic E-state index is 2.31. The van der Waals surface area contributed by atoms with Crippen LogP contribution in [0.5, 0.6) is 0 Å². The van der Waals surface area contributed by atoms with E-state index >= 15 is 0 Å². The predicted octanol–water partition coefficient (Wildman–Crippen LogP) is -1.31. The van der Waals surface area contributed by atoms with Gasteiger partial charge in [-0.05, 0) is 20.1 Å². The van der Waals surface area contributed by atoms with Crippen LogP contribution >= 0.6 is 0 Å². The van der Waals surface area contributed by atoms with Crippen molar-refractivity contribution in [2.45, 2.75) is 6.54 Å². The molecule has 0 amide bonds. The number of hydrogen-bond donors (Lipinski definition) is 0. The number of fused-ring (bicyclic) bond motifs is 1. The second-order valence-corrected chi connectivity index (χ2v) is 3.10. The Balaban J connectivity index is 0.000000720. The van der Waals surface area contributed by atoms with Crippen LogP contribution in [-0.4, -0.2) is 18.5 Å². The summed E-state index contributed by atoms with van der Waals surface area (Å²) < 4.78 is 0. The van der Waals surface area contributed by atoms with Crippen molar-refractivity contribution >= 4 is 0 Å². The van der Waals surface area contributed by atoms with Crippen LogP contribution in [0.4, 0.5) is 0 Å². The first-order chi connectivity index (χ1) is 5.36. The van der Waals surface area contributed by atoms with E-state index < -0.39 is 0 Å². The molecule has 0 aliphatic carbocycles. The molecule has 1 aliphatic rings. The first-order valence-corrected chi connectivity index (χ1v) is 3.96. The molecule has 0 unspecified atom stereocenters. The molecule has 2 rings (SSSR count). The molecule has 0 bridgehead atoms. The molecule has 0 aromatic heterocycles. The zero-order chi connectivity index (χ0) is 7.68. The van der Waals surface area contributed by atoms with Crippen molar-refractivity contribution in [1.29, 1.82) is 0 Å². The molecule has 0 saturated carbocycles. The second-order valence-electron chi connectivity index (χ2n) is 3.10. The number of rotatable bonds is 0. The van der Waals surface area contributed by atoms with Gasteiger partial charge in [-0.25, -0.2) is 0 Å². The Labute approximate surface area is 85.9 Å². The molecule has 58 valence electrons. The fraction of sp³-hybridized carbons (Fsp3) is 0.300. The molecule has 0 fully saturated rings. The fourth-order valence-corrected chi connectivity index (χ4v) is 1.49.